The van der Waals surface area contributed by atoms with Crippen LogP contribution in [0, 0.1) is 12.0 Å². The molecule has 0 spiro atoms. The summed E-state index contributed by atoms with van der Waals surface area (Å²) in [5.41, 5.74) is 3.00. The maximum atomic E-state index is 3.45. The van der Waals surface area contributed by atoms with Crippen molar-refractivity contribution in [2.24, 2.45) is 5.92 Å². The molecule has 0 radical (unpaired) electrons. The second-order valence-electron chi connectivity index (χ2n) is 3.86. The summed E-state index contributed by atoms with van der Waals surface area (Å²) in [5, 5.41) is 0. The maximum absolute atomic E-state index is 3.45. The van der Waals surface area contributed by atoms with Crippen molar-refractivity contribution in [3.63, 3.8) is 0 Å². The van der Waals surface area contributed by atoms with Crippen molar-refractivity contribution in [3.05, 3.63) is 23.3 Å². The molecule has 0 bridgehead atoms. The summed E-state index contributed by atoms with van der Waals surface area (Å²) in [6, 6.07) is 0. The normalized spacial score (nSPS) is 15.4. The van der Waals surface area contributed by atoms with Crippen molar-refractivity contribution in [2.75, 3.05) is 0 Å². The topological polar surface area (TPSA) is 0 Å². The quantitative estimate of drug-likeness (QED) is 0.537. The molecule has 1 heteroatoms. The van der Waals surface area contributed by atoms with E-state index in [0.29, 0.717) is 5.92 Å². The third-order valence-corrected chi connectivity index (χ3v) is 2.42. The largest absolute Gasteiger partial charge is 0.269 e. The van der Waals surface area contributed by atoms with Gasteiger partial charge in [-0.1, -0.05) is 40.0 Å². The Balaban J connectivity index is 0.00000144. The Morgan fingerprint density at radius 2 is 2.15 bits per heavy atom. The smallest absolute Gasteiger partial charge is 0 e. The van der Waals surface area contributed by atoms with Gasteiger partial charge in [-0.15, -0.1) is 6.42 Å². The standard InChI is InChI=1S/C12H19.Hf/c1-4-5-6-11-7-8-12(9-11)10(2)3;/h9-10H,4-6,8H2,1-3H3;/q-1;. The molecule has 0 aromatic heterocycles. The van der Waals surface area contributed by atoms with Gasteiger partial charge in [0.05, 0.1) is 0 Å². The number of hydrogen-bond donors (Lipinski definition) is 0. The van der Waals surface area contributed by atoms with Crippen LogP contribution in [-0.4, -0.2) is 0 Å². The molecule has 0 amide bonds. The van der Waals surface area contributed by atoms with Crippen LogP contribution < -0.4 is 0 Å². The fourth-order valence-corrected chi connectivity index (χ4v) is 1.44. The van der Waals surface area contributed by atoms with Crippen LogP contribution in [0.25, 0.3) is 0 Å². The van der Waals surface area contributed by atoms with Crippen molar-refractivity contribution in [1.82, 2.24) is 0 Å². The van der Waals surface area contributed by atoms with Gasteiger partial charge < -0.3 is 0 Å². The molecule has 0 aromatic carbocycles. The van der Waals surface area contributed by atoms with E-state index >= 15 is 0 Å². The molecule has 0 heterocycles. The van der Waals surface area contributed by atoms with E-state index in [1.54, 1.807) is 5.57 Å². The first-order valence-corrected chi connectivity index (χ1v) is 5.04. The molecule has 0 aliphatic heterocycles. The van der Waals surface area contributed by atoms with E-state index in [9.17, 15) is 0 Å². The van der Waals surface area contributed by atoms with Gasteiger partial charge in [0.25, 0.3) is 0 Å². The van der Waals surface area contributed by atoms with Crippen LogP contribution >= 0.6 is 0 Å². The van der Waals surface area contributed by atoms with Gasteiger partial charge >= 0.3 is 0 Å². The molecule has 0 saturated heterocycles. The number of hydrogen-bond acceptors (Lipinski definition) is 0. The average molecular weight is 342 g/mol. The number of allylic oxidation sites excluding steroid dienone is 4. The summed E-state index contributed by atoms with van der Waals surface area (Å²) in [4.78, 5) is 0. The molecule has 1 aliphatic carbocycles. The van der Waals surface area contributed by atoms with Gasteiger partial charge in [-0.3, -0.25) is 6.08 Å². The molecule has 72 valence electrons. The van der Waals surface area contributed by atoms with Gasteiger partial charge in [0.1, 0.15) is 0 Å². The van der Waals surface area contributed by atoms with Gasteiger partial charge in [-0.05, 0) is 5.92 Å². The first-order valence-electron chi connectivity index (χ1n) is 5.04. The summed E-state index contributed by atoms with van der Waals surface area (Å²) in [5.74, 6) is 0.705. The minimum atomic E-state index is 0. The first-order chi connectivity index (χ1) is 5.74. The first kappa shape index (κ1) is 13.4. The van der Waals surface area contributed by atoms with Crippen molar-refractivity contribution >= 4 is 0 Å². The molecule has 0 saturated carbocycles. The van der Waals surface area contributed by atoms with E-state index < -0.39 is 0 Å². The number of unbranched alkanes of at least 4 members (excludes halogenated alkanes) is 1. The fraction of sp³-hybridized carbons (Fsp3) is 0.667. The van der Waals surface area contributed by atoms with Gasteiger partial charge in [-0.25, -0.2) is 11.6 Å². The van der Waals surface area contributed by atoms with E-state index in [0.717, 1.165) is 6.42 Å². The average Bonchev–Trinajstić information content (AvgIpc) is 2.48. The van der Waals surface area contributed by atoms with Crippen molar-refractivity contribution < 1.29 is 25.8 Å². The monoisotopic (exact) mass is 343 g/mol. The predicted octanol–water partition coefficient (Wildman–Crippen LogP) is 3.89. The van der Waals surface area contributed by atoms with Crippen LogP contribution in [0.4, 0.5) is 0 Å². The van der Waals surface area contributed by atoms with Gasteiger partial charge in [0.2, 0.25) is 0 Å². The van der Waals surface area contributed by atoms with Crippen LogP contribution in [0.5, 0.6) is 0 Å². The molecular weight excluding hydrogens is 323 g/mol. The van der Waals surface area contributed by atoms with E-state index in [-0.39, 0.29) is 25.8 Å². The van der Waals surface area contributed by atoms with Crippen molar-refractivity contribution in [1.29, 1.82) is 0 Å². The maximum Gasteiger partial charge on any atom is 0 e. The molecule has 1 aliphatic rings. The second kappa shape index (κ2) is 6.75. The van der Waals surface area contributed by atoms with E-state index in [2.05, 4.69) is 32.9 Å². The molecule has 0 unspecified atom stereocenters. The minimum Gasteiger partial charge on any atom is -0.269 e. The van der Waals surface area contributed by atoms with Crippen LogP contribution in [0.2, 0.25) is 0 Å². The Morgan fingerprint density at radius 1 is 1.46 bits per heavy atom. The molecule has 0 N–H and O–H groups in total. The summed E-state index contributed by atoms with van der Waals surface area (Å²) in [6.07, 6.45) is 10.7. The van der Waals surface area contributed by atoms with E-state index in [1.165, 1.54) is 24.8 Å². The zero-order valence-electron chi connectivity index (χ0n) is 8.98. The van der Waals surface area contributed by atoms with E-state index in [4.69, 9.17) is 0 Å². The van der Waals surface area contributed by atoms with Gasteiger partial charge in [0, 0.05) is 25.8 Å². The summed E-state index contributed by atoms with van der Waals surface area (Å²) >= 11 is 0. The number of rotatable bonds is 4. The van der Waals surface area contributed by atoms with Crippen molar-refractivity contribution in [2.45, 2.75) is 46.5 Å². The van der Waals surface area contributed by atoms with Crippen LogP contribution in [0.15, 0.2) is 17.2 Å². The Hall–Kier alpha value is 0.350. The predicted molar refractivity (Wildman–Crippen MR) is 53.8 cm³/mol. The molecule has 13 heavy (non-hydrogen) atoms. The third-order valence-electron chi connectivity index (χ3n) is 2.42. The zero-order chi connectivity index (χ0) is 8.97. The van der Waals surface area contributed by atoms with Gasteiger partial charge in [0.15, 0.2) is 0 Å². The molecule has 1 rings (SSSR count). The Labute approximate surface area is 101 Å². The third kappa shape index (κ3) is 4.39. The van der Waals surface area contributed by atoms with Crippen LogP contribution in [0.1, 0.15) is 46.5 Å². The van der Waals surface area contributed by atoms with E-state index in [1.807, 2.05) is 0 Å². The summed E-state index contributed by atoms with van der Waals surface area (Å²) in [7, 11) is 0. The Bertz CT molecular complexity index is 199. The van der Waals surface area contributed by atoms with Crippen LogP contribution in [-0.2, 0) is 25.8 Å². The summed E-state index contributed by atoms with van der Waals surface area (Å²) < 4.78 is 0. The SMILES string of the molecule is CCCCC1=[C-]CC(C(C)C)=C1.[Hf]. The fourth-order valence-electron chi connectivity index (χ4n) is 1.44. The van der Waals surface area contributed by atoms with Gasteiger partial charge in [-0.2, -0.15) is 5.57 Å². The Morgan fingerprint density at radius 3 is 2.62 bits per heavy atom. The second-order valence-corrected chi connectivity index (χ2v) is 3.86. The van der Waals surface area contributed by atoms with Crippen LogP contribution in [0.3, 0.4) is 0 Å². The summed E-state index contributed by atoms with van der Waals surface area (Å²) in [6.45, 7) is 6.76. The minimum absolute atomic E-state index is 0. The zero-order valence-corrected chi connectivity index (χ0v) is 12.6. The van der Waals surface area contributed by atoms with Crippen molar-refractivity contribution in [3.8, 4) is 0 Å². The molecule has 0 aromatic rings. The molecule has 0 atom stereocenters. The molecule has 0 fully saturated rings. The molecule has 0 nitrogen and oxygen atoms in total. The Kier molecular flexibility index (Phi) is 6.93. The molecular formula is C12H19Hf-.